The number of benzene rings is 1. The third kappa shape index (κ3) is 4.72. The van der Waals surface area contributed by atoms with Crippen LogP contribution in [0, 0.1) is 6.92 Å². The number of amides is 1. The molecule has 2 heterocycles. The molecule has 0 spiro atoms. The Hall–Kier alpha value is -1.52. The molecule has 1 aromatic heterocycles. The quantitative estimate of drug-likeness (QED) is 0.767. The normalized spacial score (nSPS) is 20.9. The Labute approximate surface area is 173 Å². The van der Waals surface area contributed by atoms with E-state index in [1.807, 2.05) is 26.2 Å². The number of nitrogens with one attached hydrogen (secondary N) is 1. The fraction of sp³-hybridized carbons (Fsp3) is 0.444. The van der Waals surface area contributed by atoms with Gasteiger partial charge in [0.05, 0.1) is 23.8 Å². The predicted molar refractivity (Wildman–Crippen MR) is 108 cm³/mol. The molecular formula is C18H22ClN3O4S2. The van der Waals surface area contributed by atoms with Crippen molar-refractivity contribution < 1.29 is 17.9 Å². The lowest BCUT2D eigenvalue weighted by molar-refractivity contribution is -0.0440. The third-order valence-corrected chi connectivity index (χ3v) is 7.54. The molecule has 10 heteroatoms. The van der Waals surface area contributed by atoms with Gasteiger partial charge in [0, 0.05) is 29.7 Å². The van der Waals surface area contributed by atoms with Gasteiger partial charge in [0.25, 0.3) is 5.91 Å². The van der Waals surface area contributed by atoms with Gasteiger partial charge < -0.3 is 10.1 Å². The number of thiazole rings is 1. The number of sulfonamides is 1. The molecule has 2 aromatic rings. The van der Waals surface area contributed by atoms with E-state index in [1.165, 1.54) is 33.8 Å². The summed E-state index contributed by atoms with van der Waals surface area (Å²) in [7, 11) is -3.85. The Kier molecular flexibility index (Phi) is 6.41. The molecule has 7 nitrogen and oxygen atoms in total. The second kappa shape index (κ2) is 8.46. The summed E-state index contributed by atoms with van der Waals surface area (Å²) in [4.78, 5) is 16.7. The number of aromatic nitrogens is 1. The van der Waals surface area contributed by atoms with Gasteiger partial charge in [-0.05, 0) is 39.0 Å². The molecule has 1 aromatic carbocycles. The van der Waals surface area contributed by atoms with Gasteiger partial charge in [-0.3, -0.25) is 4.79 Å². The highest BCUT2D eigenvalue weighted by Crippen LogP contribution is 2.28. The van der Waals surface area contributed by atoms with E-state index in [1.54, 1.807) is 0 Å². The molecule has 1 N–H and O–H groups in total. The molecule has 0 aliphatic carbocycles. The lowest BCUT2D eigenvalue weighted by Gasteiger charge is -2.34. The van der Waals surface area contributed by atoms with Gasteiger partial charge in [0.1, 0.15) is 9.90 Å². The molecule has 3 rings (SSSR count). The minimum atomic E-state index is -3.85. The van der Waals surface area contributed by atoms with Gasteiger partial charge in [-0.15, -0.1) is 11.3 Å². The van der Waals surface area contributed by atoms with Crippen LogP contribution in [0.4, 0.5) is 0 Å². The molecule has 1 aliphatic rings. The van der Waals surface area contributed by atoms with Crippen molar-refractivity contribution >= 4 is 38.9 Å². The van der Waals surface area contributed by atoms with Gasteiger partial charge in [0.2, 0.25) is 10.0 Å². The summed E-state index contributed by atoms with van der Waals surface area (Å²) >= 11 is 7.63. The number of morpholine rings is 1. The van der Waals surface area contributed by atoms with Crippen LogP contribution in [0.1, 0.15) is 34.9 Å². The molecular weight excluding hydrogens is 422 g/mol. The monoisotopic (exact) mass is 443 g/mol. The van der Waals surface area contributed by atoms with Crippen LogP contribution >= 0.6 is 22.9 Å². The highest BCUT2D eigenvalue weighted by atomic mass is 35.5. The zero-order valence-electron chi connectivity index (χ0n) is 15.8. The SMILES string of the molecule is Cc1csc(CNC(=O)c2ccc(Cl)c(S(=O)(=O)N3CC(C)OC(C)C3)c2)n1. The van der Waals surface area contributed by atoms with Gasteiger partial charge >= 0.3 is 0 Å². The van der Waals surface area contributed by atoms with Gasteiger partial charge in [0.15, 0.2) is 0 Å². The number of hydrogen-bond donors (Lipinski definition) is 1. The standard InChI is InChI=1S/C18H22ClN3O4S2/c1-11-10-27-17(21-11)7-20-18(23)14-4-5-15(19)16(6-14)28(24,25)22-8-12(2)26-13(3)9-22/h4-6,10,12-13H,7-9H2,1-3H3,(H,20,23). The van der Waals surface area contributed by atoms with E-state index >= 15 is 0 Å². The Morgan fingerprint density at radius 1 is 1.36 bits per heavy atom. The van der Waals surface area contributed by atoms with Gasteiger partial charge in [-0.1, -0.05) is 11.6 Å². The summed E-state index contributed by atoms with van der Waals surface area (Å²) in [6.45, 7) is 6.28. The van der Waals surface area contributed by atoms with Crippen LogP contribution in [0.15, 0.2) is 28.5 Å². The Balaban J connectivity index is 1.81. The number of hydrogen-bond acceptors (Lipinski definition) is 6. The molecule has 1 saturated heterocycles. The van der Waals surface area contributed by atoms with Crippen molar-refractivity contribution in [2.45, 2.75) is 44.4 Å². The van der Waals surface area contributed by atoms with Crippen LogP contribution in [0.2, 0.25) is 5.02 Å². The van der Waals surface area contributed by atoms with Crippen LogP contribution < -0.4 is 5.32 Å². The van der Waals surface area contributed by atoms with Crippen molar-refractivity contribution in [2.75, 3.05) is 13.1 Å². The van der Waals surface area contributed by atoms with E-state index in [4.69, 9.17) is 16.3 Å². The maximum atomic E-state index is 13.1. The van der Waals surface area contributed by atoms with Crippen molar-refractivity contribution in [3.63, 3.8) is 0 Å². The smallest absolute Gasteiger partial charge is 0.251 e. The zero-order chi connectivity index (χ0) is 20.5. The largest absolute Gasteiger partial charge is 0.373 e. The summed E-state index contributed by atoms with van der Waals surface area (Å²) in [5.41, 5.74) is 1.12. The molecule has 0 radical (unpaired) electrons. The Morgan fingerprint density at radius 3 is 2.64 bits per heavy atom. The first-order valence-electron chi connectivity index (χ1n) is 8.81. The van der Waals surface area contributed by atoms with Crippen molar-refractivity contribution in [1.82, 2.24) is 14.6 Å². The lowest BCUT2D eigenvalue weighted by Crippen LogP contribution is -2.48. The average molecular weight is 444 g/mol. The first-order chi connectivity index (χ1) is 13.2. The molecule has 2 unspecified atom stereocenters. The van der Waals surface area contributed by atoms with E-state index in [9.17, 15) is 13.2 Å². The molecule has 1 aliphatic heterocycles. The number of carbonyl (C=O) groups excluding carboxylic acids is 1. The summed E-state index contributed by atoms with van der Waals surface area (Å²) < 4.78 is 33.2. The van der Waals surface area contributed by atoms with Crippen molar-refractivity contribution in [3.8, 4) is 0 Å². The summed E-state index contributed by atoms with van der Waals surface area (Å²) in [5.74, 6) is -0.385. The number of rotatable bonds is 5. The molecule has 0 saturated carbocycles. The Morgan fingerprint density at radius 2 is 2.04 bits per heavy atom. The van der Waals surface area contributed by atoms with E-state index in [0.29, 0.717) is 0 Å². The summed E-state index contributed by atoms with van der Waals surface area (Å²) in [6, 6.07) is 4.27. The minimum Gasteiger partial charge on any atom is -0.373 e. The maximum absolute atomic E-state index is 13.1. The number of halogens is 1. The lowest BCUT2D eigenvalue weighted by atomic mass is 10.2. The van der Waals surface area contributed by atoms with Crippen LogP contribution in [0.5, 0.6) is 0 Å². The first-order valence-corrected chi connectivity index (χ1v) is 11.5. The summed E-state index contributed by atoms with van der Waals surface area (Å²) in [5, 5.41) is 5.52. The fourth-order valence-corrected chi connectivity index (χ4v) is 5.85. The van der Waals surface area contributed by atoms with Crippen LogP contribution in [0.3, 0.4) is 0 Å². The average Bonchev–Trinajstić information content (AvgIpc) is 3.04. The minimum absolute atomic E-state index is 0.0757. The molecule has 2 atom stereocenters. The molecule has 1 amide bonds. The van der Waals surface area contributed by atoms with Gasteiger partial charge in [-0.2, -0.15) is 4.31 Å². The molecule has 1 fully saturated rings. The number of nitrogens with zero attached hydrogens (tertiary/aromatic N) is 2. The Bertz CT molecular complexity index is 967. The molecule has 28 heavy (non-hydrogen) atoms. The first kappa shape index (κ1) is 21.2. The van der Waals surface area contributed by atoms with Crippen LogP contribution in [0.25, 0.3) is 0 Å². The predicted octanol–water partition coefficient (Wildman–Crippen LogP) is 2.83. The van der Waals surface area contributed by atoms with Gasteiger partial charge in [-0.25, -0.2) is 13.4 Å². The topological polar surface area (TPSA) is 88.6 Å². The zero-order valence-corrected chi connectivity index (χ0v) is 18.2. The number of aryl methyl sites for hydroxylation is 1. The second-order valence-electron chi connectivity index (χ2n) is 6.79. The second-order valence-corrected chi connectivity index (χ2v) is 10.0. The van der Waals surface area contributed by atoms with Crippen LogP contribution in [-0.2, 0) is 21.3 Å². The number of carbonyl (C=O) groups is 1. The number of ether oxygens (including phenoxy) is 1. The van der Waals surface area contributed by atoms with E-state index in [-0.39, 0.29) is 53.2 Å². The van der Waals surface area contributed by atoms with Crippen molar-refractivity contribution in [2.24, 2.45) is 0 Å². The third-order valence-electron chi connectivity index (χ3n) is 4.26. The van der Waals surface area contributed by atoms with E-state index < -0.39 is 10.0 Å². The van der Waals surface area contributed by atoms with Crippen LogP contribution in [-0.4, -0.2) is 48.9 Å². The van der Waals surface area contributed by atoms with E-state index in [2.05, 4.69) is 10.3 Å². The van der Waals surface area contributed by atoms with E-state index in [0.717, 1.165) is 10.7 Å². The summed E-state index contributed by atoms with van der Waals surface area (Å²) in [6.07, 6.45) is -0.434. The highest BCUT2D eigenvalue weighted by Gasteiger charge is 2.33. The molecule has 0 bridgehead atoms. The van der Waals surface area contributed by atoms with Crippen molar-refractivity contribution in [3.05, 3.63) is 44.9 Å². The highest BCUT2D eigenvalue weighted by molar-refractivity contribution is 7.89. The molecule has 152 valence electrons. The van der Waals surface area contributed by atoms with Crippen molar-refractivity contribution in [1.29, 1.82) is 0 Å². The maximum Gasteiger partial charge on any atom is 0.251 e. The fourth-order valence-electron chi connectivity index (χ4n) is 3.05.